The molecule has 7 heteroatoms. The minimum absolute atomic E-state index is 0.0773. The second-order valence-electron chi connectivity index (χ2n) is 3.94. The number of aromatic nitrogens is 1. The highest BCUT2D eigenvalue weighted by Crippen LogP contribution is 2.26. The lowest BCUT2D eigenvalue weighted by Crippen LogP contribution is -2.27. The molecule has 1 aromatic heterocycles. The SMILES string of the molecule is CN(c1cccc(C#N)c1)S(=O)(=O)c1cnccc1Cl. The Hall–Kier alpha value is -2.10. The van der Waals surface area contributed by atoms with Crippen LogP contribution in [0.4, 0.5) is 5.69 Å². The van der Waals surface area contributed by atoms with Crippen molar-refractivity contribution in [2.75, 3.05) is 11.4 Å². The quantitative estimate of drug-likeness (QED) is 0.873. The summed E-state index contributed by atoms with van der Waals surface area (Å²) in [5.74, 6) is 0. The average Bonchev–Trinajstić information content (AvgIpc) is 2.46. The molecule has 1 heterocycles. The summed E-state index contributed by atoms with van der Waals surface area (Å²) in [5.41, 5.74) is 0.755. The van der Waals surface area contributed by atoms with Crippen molar-refractivity contribution < 1.29 is 8.42 Å². The van der Waals surface area contributed by atoms with Gasteiger partial charge < -0.3 is 0 Å². The van der Waals surface area contributed by atoms with E-state index in [9.17, 15) is 8.42 Å². The van der Waals surface area contributed by atoms with Crippen LogP contribution in [0.2, 0.25) is 5.02 Å². The molecule has 0 unspecified atom stereocenters. The van der Waals surface area contributed by atoms with Gasteiger partial charge in [0.15, 0.2) is 0 Å². The fourth-order valence-corrected chi connectivity index (χ4v) is 3.20. The predicted octanol–water partition coefficient (Wildman–Crippen LogP) is 2.43. The van der Waals surface area contributed by atoms with E-state index in [0.29, 0.717) is 11.3 Å². The molecule has 0 saturated carbocycles. The van der Waals surface area contributed by atoms with Crippen LogP contribution in [0, 0.1) is 11.3 Å². The third kappa shape index (κ3) is 2.59. The van der Waals surface area contributed by atoms with Crippen LogP contribution >= 0.6 is 11.6 Å². The van der Waals surface area contributed by atoms with Crippen molar-refractivity contribution in [3.05, 3.63) is 53.3 Å². The highest BCUT2D eigenvalue weighted by Gasteiger charge is 2.24. The third-order valence-electron chi connectivity index (χ3n) is 2.71. The van der Waals surface area contributed by atoms with Gasteiger partial charge in [-0.1, -0.05) is 17.7 Å². The first-order chi connectivity index (χ1) is 9.46. The summed E-state index contributed by atoms with van der Waals surface area (Å²) < 4.78 is 26.0. The Morgan fingerprint density at radius 3 is 2.75 bits per heavy atom. The fraction of sp³-hybridized carbons (Fsp3) is 0.0769. The lowest BCUT2D eigenvalue weighted by Gasteiger charge is -2.20. The molecule has 20 heavy (non-hydrogen) atoms. The van der Waals surface area contributed by atoms with E-state index in [2.05, 4.69) is 4.98 Å². The number of rotatable bonds is 3. The standard InChI is InChI=1S/C13H10ClN3O2S/c1-17(11-4-2-3-10(7-11)8-15)20(18,19)13-9-16-6-5-12(13)14/h2-7,9H,1H3. The van der Waals surface area contributed by atoms with Crippen LogP contribution in [0.15, 0.2) is 47.6 Å². The summed E-state index contributed by atoms with van der Waals surface area (Å²) >= 11 is 5.90. The van der Waals surface area contributed by atoms with Gasteiger partial charge >= 0.3 is 0 Å². The van der Waals surface area contributed by atoms with Crippen LogP contribution < -0.4 is 4.31 Å². The van der Waals surface area contributed by atoms with E-state index < -0.39 is 10.0 Å². The van der Waals surface area contributed by atoms with E-state index in [0.717, 1.165) is 4.31 Å². The van der Waals surface area contributed by atoms with E-state index in [1.807, 2.05) is 6.07 Å². The van der Waals surface area contributed by atoms with Gasteiger partial charge in [0.05, 0.1) is 22.3 Å². The molecule has 2 aromatic rings. The smallest absolute Gasteiger partial charge is 0.267 e. The van der Waals surface area contributed by atoms with Gasteiger partial charge in [0.25, 0.3) is 10.0 Å². The van der Waals surface area contributed by atoms with Gasteiger partial charge in [0, 0.05) is 19.4 Å². The van der Waals surface area contributed by atoms with Crippen molar-refractivity contribution in [1.82, 2.24) is 4.98 Å². The lowest BCUT2D eigenvalue weighted by molar-refractivity contribution is 0.594. The molecule has 2 rings (SSSR count). The van der Waals surface area contributed by atoms with Crippen molar-refractivity contribution in [3.8, 4) is 6.07 Å². The molecule has 0 aliphatic heterocycles. The van der Waals surface area contributed by atoms with Crippen LogP contribution in [0.3, 0.4) is 0 Å². The number of benzene rings is 1. The first-order valence-electron chi connectivity index (χ1n) is 5.55. The molecule has 0 amide bonds. The highest BCUT2D eigenvalue weighted by atomic mass is 35.5. The van der Waals surface area contributed by atoms with Gasteiger partial charge in [-0.15, -0.1) is 0 Å². The molecular formula is C13H10ClN3O2S. The zero-order valence-electron chi connectivity index (χ0n) is 10.5. The van der Waals surface area contributed by atoms with E-state index in [1.165, 1.54) is 31.6 Å². The van der Waals surface area contributed by atoms with Gasteiger partial charge in [-0.05, 0) is 24.3 Å². The predicted molar refractivity (Wildman–Crippen MR) is 76.0 cm³/mol. The average molecular weight is 308 g/mol. The number of sulfonamides is 1. The summed E-state index contributed by atoms with van der Waals surface area (Å²) in [7, 11) is -2.42. The van der Waals surface area contributed by atoms with Crippen molar-refractivity contribution >= 4 is 27.3 Å². The first-order valence-corrected chi connectivity index (χ1v) is 7.37. The normalized spacial score (nSPS) is 10.8. The van der Waals surface area contributed by atoms with Gasteiger partial charge in [-0.3, -0.25) is 9.29 Å². The van der Waals surface area contributed by atoms with Crippen LogP contribution in [-0.2, 0) is 10.0 Å². The molecule has 0 N–H and O–H groups in total. The molecule has 0 bridgehead atoms. The summed E-state index contributed by atoms with van der Waals surface area (Å²) in [6, 6.07) is 9.68. The summed E-state index contributed by atoms with van der Waals surface area (Å²) in [6.45, 7) is 0. The topological polar surface area (TPSA) is 74.1 Å². The first kappa shape index (κ1) is 14.3. The van der Waals surface area contributed by atoms with Crippen molar-refractivity contribution in [2.24, 2.45) is 0 Å². The molecule has 1 aromatic carbocycles. The second kappa shape index (κ2) is 5.49. The fourth-order valence-electron chi connectivity index (χ4n) is 1.61. The van der Waals surface area contributed by atoms with Crippen LogP contribution in [-0.4, -0.2) is 20.4 Å². The number of hydrogen-bond donors (Lipinski definition) is 0. The monoisotopic (exact) mass is 307 g/mol. The number of halogens is 1. The molecule has 102 valence electrons. The van der Waals surface area contributed by atoms with Gasteiger partial charge in [-0.25, -0.2) is 8.42 Å². The molecule has 0 aliphatic carbocycles. The Bertz CT molecular complexity index is 784. The maximum absolute atomic E-state index is 12.5. The summed E-state index contributed by atoms with van der Waals surface area (Å²) in [5, 5.41) is 8.96. The van der Waals surface area contributed by atoms with Gasteiger partial charge in [0.2, 0.25) is 0 Å². The molecule has 0 radical (unpaired) electrons. The van der Waals surface area contributed by atoms with Crippen molar-refractivity contribution in [1.29, 1.82) is 5.26 Å². The molecule has 0 saturated heterocycles. The van der Waals surface area contributed by atoms with Gasteiger partial charge in [0.1, 0.15) is 4.90 Å². The Balaban J connectivity index is 2.49. The third-order valence-corrected chi connectivity index (χ3v) is 4.97. The molecule has 0 fully saturated rings. The minimum Gasteiger partial charge on any atom is -0.269 e. The molecular weight excluding hydrogens is 298 g/mol. The zero-order valence-corrected chi connectivity index (χ0v) is 12.1. The second-order valence-corrected chi connectivity index (χ2v) is 6.29. The number of nitriles is 1. The minimum atomic E-state index is -3.82. The molecule has 0 atom stereocenters. The molecule has 5 nitrogen and oxygen atoms in total. The van der Waals surface area contributed by atoms with E-state index in [-0.39, 0.29) is 9.92 Å². The largest absolute Gasteiger partial charge is 0.269 e. The Kier molecular flexibility index (Phi) is 3.93. The lowest BCUT2D eigenvalue weighted by atomic mass is 10.2. The Morgan fingerprint density at radius 1 is 1.35 bits per heavy atom. The molecule has 0 spiro atoms. The van der Waals surface area contributed by atoms with Gasteiger partial charge in [-0.2, -0.15) is 5.26 Å². The van der Waals surface area contributed by atoms with E-state index in [1.54, 1.807) is 18.2 Å². The maximum Gasteiger partial charge on any atom is 0.267 e. The maximum atomic E-state index is 12.5. The number of nitrogens with zero attached hydrogens (tertiary/aromatic N) is 3. The van der Waals surface area contributed by atoms with Crippen molar-refractivity contribution in [2.45, 2.75) is 4.90 Å². The van der Waals surface area contributed by atoms with Crippen molar-refractivity contribution in [3.63, 3.8) is 0 Å². The number of anilines is 1. The van der Waals surface area contributed by atoms with E-state index in [4.69, 9.17) is 16.9 Å². The summed E-state index contributed by atoms with van der Waals surface area (Å²) in [4.78, 5) is 3.70. The zero-order chi connectivity index (χ0) is 14.8. The number of pyridine rings is 1. The van der Waals surface area contributed by atoms with Crippen LogP contribution in [0.5, 0.6) is 0 Å². The highest BCUT2D eigenvalue weighted by molar-refractivity contribution is 7.93. The Morgan fingerprint density at radius 2 is 2.10 bits per heavy atom. The number of hydrogen-bond acceptors (Lipinski definition) is 4. The molecule has 0 aliphatic rings. The van der Waals surface area contributed by atoms with Crippen LogP contribution in [0.1, 0.15) is 5.56 Å². The Labute approximate surface area is 122 Å². The van der Waals surface area contributed by atoms with Crippen LogP contribution in [0.25, 0.3) is 0 Å². The summed E-state index contributed by atoms with van der Waals surface area (Å²) in [6.07, 6.45) is 2.61. The van der Waals surface area contributed by atoms with E-state index >= 15 is 0 Å².